The highest BCUT2D eigenvalue weighted by Gasteiger charge is 2.73. The van der Waals surface area contributed by atoms with Crippen molar-refractivity contribution in [2.45, 2.75) is 67.7 Å². The SMILES string of the molecule is CN(C(=O)c1ccccc1)[C@@H]1CC[C@@]2(O)[C@H]3Cc4ccc(O)c5c4[C@@]2(CCN3CC2CC2)[C@H]1O5. The van der Waals surface area contributed by atoms with Crippen LogP contribution in [0, 0.1) is 5.92 Å². The van der Waals surface area contributed by atoms with Crippen LogP contribution in [0.25, 0.3) is 0 Å². The van der Waals surface area contributed by atoms with Gasteiger partial charge in [-0.05, 0) is 74.8 Å². The number of likely N-dealkylation sites (N-methyl/N-ethyl adjacent to an activating group) is 1. The molecule has 2 bridgehead atoms. The highest BCUT2D eigenvalue weighted by molar-refractivity contribution is 5.94. The molecule has 2 saturated carbocycles. The number of amides is 1. The quantitative estimate of drug-likeness (QED) is 0.734. The molecule has 2 N–H and O–H groups in total. The lowest BCUT2D eigenvalue weighted by atomic mass is 9.48. The molecule has 1 amide bonds. The Morgan fingerprint density at radius 3 is 2.71 bits per heavy atom. The van der Waals surface area contributed by atoms with Gasteiger partial charge in [0.05, 0.1) is 17.1 Å². The van der Waals surface area contributed by atoms with Gasteiger partial charge < -0.3 is 19.8 Å². The molecule has 178 valence electrons. The first kappa shape index (κ1) is 20.8. The smallest absolute Gasteiger partial charge is 0.253 e. The molecular weight excluding hydrogens is 428 g/mol. The Morgan fingerprint density at radius 1 is 1.15 bits per heavy atom. The number of likely N-dealkylation sites (tertiary alicyclic amines) is 1. The highest BCUT2D eigenvalue weighted by Crippen LogP contribution is 2.66. The van der Waals surface area contributed by atoms with E-state index >= 15 is 0 Å². The van der Waals surface area contributed by atoms with Crippen molar-refractivity contribution >= 4 is 5.91 Å². The van der Waals surface area contributed by atoms with Gasteiger partial charge in [0.2, 0.25) is 0 Å². The topological polar surface area (TPSA) is 73.2 Å². The van der Waals surface area contributed by atoms with Crippen LogP contribution in [0.3, 0.4) is 0 Å². The van der Waals surface area contributed by atoms with E-state index in [0.29, 0.717) is 24.2 Å². The van der Waals surface area contributed by atoms with E-state index in [0.717, 1.165) is 37.4 Å². The second kappa shape index (κ2) is 6.98. The minimum Gasteiger partial charge on any atom is -0.504 e. The first-order valence-electron chi connectivity index (χ1n) is 12.7. The largest absolute Gasteiger partial charge is 0.504 e. The average molecular weight is 461 g/mol. The molecule has 0 aromatic heterocycles. The molecule has 7 rings (SSSR count). The van der Waals surface area contributed by atoms with E-state index in [1.807, 2.05) is 48.3 Å². The van der Waals surface area contributed by atoms with Crippen molar-refractivity contribution < 1.29 is 19.7 Å². The van der Waals surface area contributed by atoms with Crippen LogP contribution in [0.5, 0.6) is 11.5 Å². The van der Waals surface area contributed by atoms with E-state index < -0.39 is 11.0 Å². The number of benzene rings is 2. The molecule has 1 spiro atoms. The van der Waals surface area contributed by atoms with E-state index in [1.165, 1.54) is 18.4 Å². The van der Waals surface area contributed by atoms with Crippen LogP contribution < -0.4 is 4.74 Å². The molecule has 3 aliphatic carbocycles. The fraction of sp³-hybridized carbons (Fsp3) is 0.536. The summed E-state index contributed by atoms with van der Waals surface area (Å²) in [6.07, 6.45) is 5.08. The number of aliphatic hydroxyl groups is 1. The van der Waals surface area contributed by atoms with Gasteiger partial charge in [-0.2, -0.15) is 0 Å². The van der Waals surface area contributed by atoms with Crippen LogP contribution in [0.2, 0.25) is 0 Å². The third kappa shape index (κ3) is 2.56. The number of rotatable bonds is 4. The Balaban J connectivity index is 1.33. The molecule has 1 saturated heterocycles. The summed E-state index contributed by atoms with van der Waals surface area (Å²) in [5, 5.41) is 23.3. The van der Waals surface area contributed by atoms with Crippen molar-refractivity contribution in [2.24, 2.45) is 5.92 Å². The number of phenols is 1. The summed E-state index contributed by atoms with van der Waals surface area (Å²) in [5.74, 6) is 1.40. The predicted octanol–water partition coefficient (Wildman–Crippen LogP) is 3.10. The number of ether oxygens (including phenoxy) is 1. The molecule has 2 aliphatic heterocycles. The summed E-state index contributed by atoms with van der Waals surface area (Å²) in [6.45, 7) is 1.98. The molecule has 2 aromatic carbocycles. The first-order valence-corrected chi connectivity index (χ1v) is 12.7. The molecule has 2 aromatic rings. The molecule has 0 unspecified atom stereocenters. The van der Waals surface area contributed by atoms with Crippen LogP contribution in [0.4, 0.5) is 0 Å². The summed E-state index contributed by atoms with van der Waals surface area (Å²) >= 11 is 0. The number of phenolic OH excluding ortho intramolecular Hbond substituents is 1. The molecule has 5 aliphatic rings. The Morgan fingerprint density at radius 2 is 1.94 bits per heavy atom. The van der Waals surface area contributed by atoms with Gasteiger partial charge in [0.15, 0.2) is 11.5 Å². The monoisotopic (exact) mass is 460 g/mol. The van der Waals surface area contributed by atoms with Crippen molar-refractivity contribution in [1.82, 2.24) is 9.80 Å². The first-order chi connectivity index (χ1) is 16.4. The van der Waals surface area contributed by atoms with Gasteiger partial charge in [-0.15, -0.1) is 0 Å². The van der Waals surface area contributed by atoms with Gasteiger partial charge >= 0.3 is 0 Å². The highest BCUT2D eigenvalue weighted by atomic mass is 16.5. The Kier molecular flexibility index (Phi) is 4.27. The minimum absolute atomic E-state index is 0.0324. The van der Waals surface area contributed by atoms with Gasteiger partial charge in [0.25, 0.3) is 5.91 Å². The van der Waals surface area contributed by atoms with Gasteiger partial charge in [0, 0.05) is 30.8 Å². The average Bonchev–Trinajstić information content (AvgIpc) is 3.59. The minimum atomic E-state index is -0.927. The zero-order valence-electron chi connectivity index (χ0n) is 19.6. The predicted molar refractivity (Wildman–Crippen MR) is 127 cm³/mol. The van der Waals surface area contributed by atoms with Crippen molar-refractivity contribution in [2.75, 3.05) is 20.1 Å². The molecule has 34 heavy (non-hydrogen) atoms. The van der Waals surface area contributed by atoms with E-state index in [-0.39, 0.29) is 29.8 Å². The van der Waals surface area contributed by atoms with Gasteiger partial charge in [0.1, 0.15) is 6.10 Å². The van der Waals surface area contributed by atoms with Crippen molar-refractivity contribution in [3.05, 3.63) is 59.2 Å². The maximum Gasteiger partial charge on any atom is 0.253 e. The maximum atomic E-state index is 13.4. The lowest BCUT2D eigenvalue weighted by molar-refractivity contribution is -0.197. The van der Waals surface area contributed by atoms with Gasteiger partial charge in [-0.25, -0.2) is 0 Å². The van der Waals surface area contributed by atoms with Crippen molar-refractivity contribution in [1.29, 1.82) is 0 Å². The molecule has 6 nitrogen and oxygen atoms in total. The fourth-order valence-corrected chi connectivity index (χ4v) is 7.79. The summed E-state index contributed by atoms with van der Waals surface area (Å²) in [4.78, 5) is 17.8. The number of aromatic hydroxyl groups is 1. The molecular formula is C28H32N2O4. The number of hydrogen-bond acceptors (Lipinski definition) is 5. The third-order valence-electron chi connectivity index (χ3n) is 9.57. The fourth-order valence-electron chi connectivity index (χ4n) is 7.79. The second-order valence-corrected chi connectivity index (χ2v) is 11.2. The van der Waals surface area contributed by atoms with Gasteiger partial charge in [-0.3, -0.25) is 9.69 Å². The number of piperidine rings is 1. The van der Waals surface area contributed by atoms with E-state index in [2.05, 4.69) is 4.90 Å². The summed E-state index contributed by atoms with van der Waals surface area (Å²) in [7, 11) is 1.86. The number of carbonyl (C=O) groups is 1. The van der Waals surface area contributed by atoms with E-state index in [4.69, 9.17) is 4.74 Å². The van der Waals surface area contributed by atoms with E-state index in [9.17, 15) is 15.0 Å². The summed E-state index contributed by atoms with van der Waals surface area (Å²) in [6, 6.07) is 13.0. The number of carbonyl (C=O) groups excluding carboxylic acids is 1. The maximum absolute atomic E-state index is 13.4. The zero-order valence-corrected chi connectivity index (χ0v) is 19.6. The van der Waals surface area contributed by atoms with E-state index in [1.54, 1.807) is 6.07 Å². The third-order valence-corrected chi connectivity index (χ3v) is 9.57. The van der Waals surface area contributed by atoms with Crippen molar-refractivity contribution in [3.63, 3.8) is 0 Å². The Labute approximate surface area is 200 Å². The van der Waals surface area contributed by atoms with Crippen LogP contribution in [-0.4, -0.2) is 69.8 Å². The number of hydrogen-bond donors (Lipinski definition) is 2. The Bertz CT molecular complexity index is 1160. The van der Waals surface area contributed by atoms with Crippen molar-refractivity contribution in [3.8, 4) is 11.5 Å². The molecule has 5 atom stereocenters. The van der Waals surface area contributed by atoms with Gasteiger partial charge in [-0.1, -0.05) is 24.3 Å². The second-order valence-electron chi connectivity index (χ2n) is 11.2. The molecule has 0 radical (unpaired) electrons. The summed E-state index contributed by atoms with van der Waals surface area (Å²) < 4.78 is 6.60. The van der Waals surface area contributed by atoms with Crippen LogP contribution in [0.1, 0.15) is 53.6 Å². The molecule has 2 heterocycles. The van der Waals surface area contributed by atoms with Crippen LogP contribution in [0.15, 0.2) is 42.5 Å². The van der Waals surface area contributed by atoms with Crippen LogP contribution in [-0.2, 0) is 11.8 Å². The molecule has 6 heteroatoms. The van der Waals surface area contributed by atoms with Crippen LogP contribution >= 0.6 is 0 Å². The zero-order chi connectivity index (χ0) is 23.2. The molecule has 3 fully saturated rings. The summed E-state index contributed by atoms with van der Waals surface area (Å²) in [5.41, 5.74) is 1.32. The standard InChI is InChI=1S/C28H32N2O4/c1-29(26(32)18-5-3-2-4-6-18)20-11-12-28(33)22-15-19-9-10-21(31)24-23(19)27(28,25(20)34-24)13-14-30(22)16-17-7-8-17/h2-6,9-10,17,20,22,25,31,33H,7-8,11-16H2,1H3/t20-,22-,25+,27+,28-/m1/s1. The lowest BCUT2D eigenvalue weighted by Crippen LogP contribution is -2.78. The lowest BCUT2D eigenvalue weighted by Gasteiger charge is -2.64. The number of nitrogens with zero attached hydrogens (tertiary/aromatic N) is 2. The Hall–Kier alpha value is -2.57. The normalized spacial score (nSPS) is 35.4.